The molecule has 1 aromatic carbocycles. The number of carboxylic acid groups (broad SMARTS) is 1. The summed E-state index contributed by atoms with van der Waals surface area (Å²) in [6.45, 7) is -0.0336. The Morgan fingerprint density at radius 3 is 2.47 bits per heavy atom. The van der Waals surface area contributed by atoms with E-state index in [2.05, 4.69) is 0 Å². The van der Waals surface area contributed by atoms with Crippen LogP contribution in [0.5, 0.6) is 0 Å². The molecule has 0 spiro atoms. The normalized spacial score (nSPS) is 11.4. The smallest absolute Gasteiger partial charge is 0.335 e. The summed E-state index contributed by atoms with van der Waals surface area (Å²) in [6, 6.07) is 4.32. The molecule has 0 bridgehead atoms. The average molecular weight is 242 g/mol. The number of aliphatic hydroxyl groups is 1. The van der Waals surface area contributed by atoms with Gasteiger partial charge in [0.25, 0.3) is 0 Å². The lowest BCUT2D eigenvalue weighted by atomic mass is 9.40. The van der Waals surface area contributed by atoms with Crippen LogP contribution in [-0.2, 0) is 5.11 Å². The summed E-state index contributed by atoms with van der Waals surface area (Å²) >= 11 is 1.25. The summed E-state index contributed by atoms with van der Waals surface area (Å²) in [4.78, 5) is 11.4. The number of carbonyl (C=O) groups is 1. The molecule has 1 aromatic rings. The molecule has 0 heterocycles. The Bertz CT molecular complexity index is 418. The summed E-state index contributed by atoms with van der Waals surface area (Å²) < 4.78 is 0. The summed E-state index contributed by atoms with van der Waals surface area (Å²) in [5, 5.41) is 16.1. The number of benzene rings is 1. The van der Waals surface area contributed by atoms with E-state index in [0.717, 1.165) is 0 Å². The van der Waals surface area contributed by atoms with E-state index in [-0.39, 0.29) is 12.2 Å². The van der Waals surface area contributed by atoms with Crippen molar-refractivity contribution in [3.63, 3.8) is 0 Å². The number of hydrogen-bond donors (Lipinski definition) is 2. The van der Waals surface area contributed by atoms with Crippen LogP contribution in [0.25, 0.3) is 0 Å². The highest BCUT2D eigenvalue weighted by Gasteiger charge is 2.18. The second-order valence-electron chi connectivity index (χ2n) is 3.52. The molecule has 1 rings (SSSR count). The number of thioether (sulfide) groups is 1. The first-order valence-corrected chi connectivity index (χ1v) is 5.83. The Morgan fingerprint density at radius 1 is 1.35 bits per heavy atom. The maximum atomic E-state index is 10.8. The van der Waals surface area contributed by atoms with Gasteiger partial charge in [0.05, 0.1) is 35.7 Å². The molecule has 17 heavy (non-hydrogen) atoms. The standard InChI is InChI=1S/C10H9B3O3S/c11-10(12,13)7-2-1-6(9(15)16)5-8(7)17-4-3-14/h1-2,5,14H,3-4H2,(H,15,16). The SMILES string of the molecule is [B]C([B])([B])c1ccc(C(=O)O)cc1SCCO. The van der Waals surface area contributed by atoms with Crippen LogP contribution in [0.4, 0.5) is 0 Å². The zero-order valence-electron chi connectivity index (χ0n) is 9.09. The van der Waals surface area contributed by atoms with Crippen LogP contribution in [0.15, 0.2) is 23.1 Å². The number of aromatic carboxylic acids is 1. The monoisotopic (exact) mass is 242 g/mol. The fourth-order valence-corrected chi connectivity index (χ4v) is 2.21. The van der Waals surface area contributed by atoms with Gasteiger partial charge in [-0.2, -0.15) is 0 Å². The molecule has 0 saturated carbocycles. The highest BCUT2D eigenvalue weighted by Crippen LogP contribution is 2.29. The van der Waals surface area contributed by atoms with Crippen molar-refractivity contribution >= 4 is 41.3 Å². The summed E-state index contributed by atoms with van der Waals surface area (Å²) in [5.41, 5.74) is 0.569. The quantitative estimate of drug-likeness (QED) is 0.567. The lowest BCUT2D eigenvalue weighted by Gasteiger charge is -2.24. The number of hydrogen-bond acceptors (Lipinski definition) is 3. The second kappa shape index (κ2) is 5.69. The van der Waals surface area contributed by atoms with E-state index in [1.165, 1.54) is 30.0 Å². The molecule has 6 radical (unpaired) electrons. The molecule has 0 atom stereocenters. The van der Waals surface area contributed by atoms with Crippen molar-refractivity contribution < 1.29 is 15.0 Å². The van der Waals surface area contributed by atoms with Crippen LogP contribution >= 0.6 is 11.8 Å². The minimum atomic E-state index is -1.53. The lowest BCUT2D eigenvalue weighted by molar-refractivity contribution is 0.0696. The Hall–Kier alpha value is -0.805. The van der Waals surface area contributed by atoms with E-state index in [1.807, 2.05) is 0 Å². The first-order valence-electron chi connectivity index (χ1n) is 4.84. The Kier molecular flexibility index (Phi) is 4.77. The van der Waals surface area contributed by atoms with Crippen molar-refractivity contribution in [3.05, 3.63) is 29.3 Å². The fraction of sp³-hybridized carbons (Fsp3) is 0.300. The largest absolute Gasteiger partial charge is 0.478 e. The minimum absolute atomic E-state index is 0.0336. The highest BCUT2D eigenvalue weighted by atomic mass is 32.2. The topological polar surface area (TPSA) is 57.5 Å². The maximum absolute atomic E-state index is 10.8. The summed E-state index contributed by atoms with van der Waals surface area (Å²) in [7, 11) is 16.8. The van der Waals surface area contributed by atoms with Gasteiger partial charge < -0.3 is 10.2 Å². The van der Waals surface area contributed by atoms with E-state index >= 15 is 0 Å². The summed E-state index contributed by atoms with van der Waals surface area (Å²) in [5.74, 6) is -0.634. The van der Waals surface area contributed by atoms with E-state index < -0.39 is 11.1 Å². The van der Waals surface area contributed by atoms with Crippen molar-refractivity contribution in [2.75, 3.05) is 12.4 Å². The number of carboxylic acids is 1. The number of aliphatic hydroxyl groups excluding tert-OH is 1. The fourth-order valence-electron chi connectivity index (χ4n) is 1.29. The first kappa shape index (κ1) is 14.3. The molecule has 0 unspecified atom stereocenters. The molecule has 2 N–H and O–H groups in total. The zero-order chi connectivity index (χ0) is 13.1. The van der Waals surface area contributed by atoms with Crippen LogP contribution < -0.4 is 0 Å². The molecular formula is C10H9B3O3S. The first-order chi connectivity index (χ1) is 7.86. The average Bonchev–Trinajstić information content (AvgIpc) is 2.24. The van der Waals surface area contributed by atoms with Crippen molar-refractivity contribution in [2.24, 2.45) is 0 Å². The highest BCUT2D eigenvalue weighted by molar-refractivity contribution is 7.99. The number of rotatable bonds is 5. The minimum Gasteiger partial charge on any atom is -0.478 e. The third-order valence-corrected chi connectivity index (χ3v) is 3.08. The molecule has 0 aliphatic carbocycles. The van der Waals surface area contributed by atoms with E-state index in [9.17, 15) is 4.79 Å². The molecular weight excluding hydrogens is 233 g/mol. The maximum Gasteiger partial charge on any atom is 0.335 e. The van der Waals surface area contributed by atoms with Crippen molar-refractivity contribution in [1.82, 2.24) is 0 Å². The molecule has 3 nitrogen and oxygen atoms in total. The molecule has 0 saturated heterocycles. The van der Waals surface area contributed by atoms with Crippen molar-refractivity contribution in [3.8, 4) is 0 Å². The van der Waals surface area contributed by atoms with Crippen LogP contribution in [0.3, 0.4) is 0 Å². The van der Waals surface area contributed by atoms with Gasteiger partial charge in [-0.05, 0) is 12.1 Å². The predicted octanol–water partition coefficient (Wildman–Crippen LogP) is 0.0850. The van der Waals surface area contributed by atoms with Gasteiger partial charge in [0, 0.05) is 10.6 Å². The molecule has 7 heteroatoms. The van der Waals surface area contributed by atoms with Crippen molar-refractivity contribution in [1.29, 1.82) is 0 Å². The van der Waals surface area contributed by atoms with Crippen LogP contribution in [0.1, 0.15) is 15.9 Å². The molecule has 0 fully saturated rings. The third-order valence-electron chi connectivity index (χ3n) is 2.04. The van der Waals surface area contributed by atoms with Gasteiger partial charge in [0.2, 0.25) is 0 Å². The molecule has 0 aliphatic heterocycles. The van der Waals surface area contributed by atoms with Gasteiger partial charge in [0.1, 0.15) is 0 Å². The van der Waals surface area contributed by atoms with Gasteiger partial charge in [-0.15, -0.1) is 16.9 Å². The van der Waals surface area contributed by atoms with E-state index in [1.54, 1.807) is 0 Å². The molecule has 0 amide bonds. The van der Waals surface area contributed by atoms with E-state index in [0.29, 0.717) is 16.2 Å². The van der Waals surface area contributed by atoms with Gasteiger partial charge in [-0.1, -0.05) is 11.6 Å². The van der Waals surface area contributed by atoms with Gasteiger partial charge in [0.15, 0.2) is 0 Å². The van der Waals surface area contributed by atoms with Crippen LogP contribution in [-0.4, -0.2) is 52.1 Å². The Balaban J connectivity index is 3.17. The summed E-state index contributed by atoms with van der Waals surface area (Å²) in [6.07, 6.45) is 0. The predicted molar refractivity (Wildman–Crippen MR) is 70.2 cm³/mol. The zero-order valence-corrected chi connectivity index (χ0v) is 9.91. The van der Waals surface area contributed by atoms with E-state index in [4.69, 9.17) is 33.8 Å². The van der Waals surface area contributed by atoms with Crippen LogP contribution in [0, 0.1) is 0 Å². The Morgan fingerprint density at radius 2 is 2.00 bits per heavy atom. The lowest BCUT2D eigenvalue weighted by Crippen LogP contribution is -2.28. The molecule has 0 aliphatic rings. The second-order valence-corrected chi connectivity index (χ2v) is 4.66. The Labute approximate surface area is 108 Å². The van der Waals surface area contributed by atoms with Crippen molar-refractivity contribution in [2.45, 2.75) is 10.0 Å². The van der Waals surface area contributed by atoms with Gasteiger partial charge in [-0.25, -0.2) is 4.79 Å². The molecule has 82 valence electrons. The van der Waals surface area contributed by atoms with Gasteiger partial charge >= 0.3 is 5.97 Å². The van der Waals surface area contributed by atoms with Gasteiger partial charge in [-0.3, -0.25) is 0 Å². The third kappa shape index (κ3) is 3.86. The molecule has 0 aromatic heterocycles. The van der Waals surface area contributed by atoms with Crippen LogP contribution in [0.2, 0.25) is 0 Å².